The third-order valence-corrected chi connectivity index (χ3v) is 3.49. The van der Waals surface area contributed by atoms with E-state index in [-0.39, 0.29) is 5.91 Å². The van der Waals surface area contributed by atoms with E-state index in [1.165, 1.54) is 0 Å². The van der Waals surface area contributed by atoms with E-state index in [1.807, 2.05) is 6.07 Å². The number of anilines is 1. The first-order valence-electron chi connectivity index (χ1n) is 6.57. The van der Waals surface area contributed by atoms with Crippen LogP contribution in [-0.2, 0) is 4.79 Å². The molecule has 0 spiro atoms. The second-order valence-electron chi connectivity index (χ2n) is 4.52. The Balaban J connectivity index is 2.07. The SMILES string of the molecule is COc1ccccc1OC(C)C(=O)Nc1cc(Cl)ccc1Cl. The molecule has 4 nitrogen and oxygen atoms in total. The molecular formula is C16H15Cl2NO3. The number of amides is 1. The number of para-hydroxylation sites is 2. The van der Waals surface area contributed by atoms with Gasteiger partial charge in [0, 0.05) is 5.02 Å². The van der Waals surface area contributed by atoms with Gasteiger partial charge in [0.25, 0.3) is 5.91 Å². The highest BCUT2D eigenvalue weighted by Crippen LogP contribution is 2.28. The minimum atomic E-state index is -0.730. The van der Waals surface area contributed by atoms with Gasteiger partial charge in [0.1, 0.15) is 0 Å². The van der Waals surface area contributed by atoms with E-state index in [0.717, 1.165) is 0 Å². The minimum Gasteiger partial charge on any atom is -0.493 e. The summed E-state index contributed by atoms with van der Waals surface area (Å²) in [6, 6.07) is 12.0. The molecule has 116 valence electrons. The lowest BCUT2D eigenvalue weighted by Gasteiger charge is -2.17. The second-order valence-corrected chi connectivity index (χ2v) is 5.37. The monoisotopic (exact) mass is 339 g/mol. The molecule has 2 aromatic carbocycles. The summed E-state index contributed by atoms with van der Waals surface area (Å²) in [5, 5.41) is 3.58. The molecule has 0 fully saturated rings. The molecule has 1 unspecified atom stereocenters. The average Bonchev–Trinajstić information content (AvgIpc) is 2.51. The van der Waals surface area contributed by atoms with Gasteiger partial charge < -0.3 is 14.8 Å². The normalized spacial score (nSPS) is 11.6. The summed E-state index contributed by atoms with van der Waals surface area (Å²) in [5.74, 6) is 0.711. The maximum atomic E-state index is 12.2. The number of rotatable bonds is 5. The van der Waals surface area contributed by atoms with Gasteiger partial charge in [0.15, 0.2) is 17.6 Å². The molecule has 0 saturated carbocycles. The first-order chi connectivity index (χ1) is 10.5. The van der Waals surface area contributed by atoms with E-state index in [4.69, 9.17) is 32.7 Å². The Hall–Kier alpha value is -1.91. The molecule has 2 aromatic rings. The van der Waals surface area contributed by atoms with Gasteiger partial charge in [-0.3, -0.25) is 4.79 Å². The van der Waals surface area contributed by atoms with Crippen molar-refractivity contribution in [2.75, 3.05) is 12.4 Å². The van der Waals surface area contributed by atoms with Crippen LogP contribution in [0.3, 0.4) is 0 Å². The molecule has 1 N–H and O–H groups in total. The third-order valence-electron chi connectivity index (χ3n) is 2.93. The van der Waals surface area contributed by atoms with Crippen LogP contribution >= 0.6 is 23.2 Å². The lowest BCUT2D eigenvalue weighted by molar-refractivity contribution is -0.122. The van der Waals surface area contributed by atoms with Crippen molar-refractivity contribution >= 4 is 34.8 Å². The van der Waals surface area contributed by atoms with Gasteiger partial charge in [0.2, 0.25) is 0 Å². The van der Waals surface area contributed by atoms with Gasteiger partial charge in [-0.05, 0) is 37.3 Å². The lowest BCUT2D eigenvalue weighted by Crippen LogP contribution is -2.30. The highest BCUT2D eigenvalue weighted by Gasteiger charge is 2.18. The number of benzene rings is 2. The zero-order valence-corrected chi connectivity index (χ0v) is 13.6. The molecule has 0 aromatic heterocycles. The Morgan fingerprint density at radius 1 is 1.14 bits per heavy atom. The van der Waals surface area contributed by atoms with Crippen LogP contribution < -0.4 is 14.8 Å². The zero-order chi connectivity index (χ0) is 16.1. The number of nitrogens with one attached hydrogen (secondary N) is 1. The van der Waals surface area contributed by atoms with E-state index >= 15 is 0 Å². The number of methoxy groups -OCH3 is 1. The smallest absolute Gasteiger partial charge is 0.265 e. The number of halogens is 2. The average molecular weight is 340 g/mol. The van der Waals surface area contributed by atoms with Crippen molar-refractivity contribution < 1.29 is 14.3 Å². The molecule has 1 amide bonds. The molecule has 6 heteroatoms. The Kier molecular flexibility index (Phi) is 5.52. The number of ether oxygens (including phenoxy) is 2. The molecule has 2 rings (SSSR count). The molecule has 0 aliphatic heterocycles. The summed E-state index contributed by atoms with van der Waals surface area (Å²) >= 11 is 11.9. The largest absolute Gasteiger partial charge is 0.493 e. The molecular weight excluding hydrogens is 325 g/mol. The summed E-state index contributed by atoms with van der Waals surface area (Å²) in [6.07, 6.45) is -0.730. The molecule has 0 heterocycles. The number of carbonyl (C=O) groups excluding carboxylic acids is 1. The van der Waals surface area contributed by atoms with Crippen LogP contribution in [0.1, 0.15) is 6.92 Å². The summed E-state index contributed by atoms with van der Waals surface area (Å²) in [7, 11) is 1.54. The predicted octanol–water partition coefficient (Wildman–Crippen LogP) is 4.41. The highest BCUT2D eigenvalue weighted by atomic mass is 35.5. The molecule has 0 aliphatic carbocycles. The topological polar surface area (TPSA) is 47.6 Å². The third kappa shape index (κ3) is 4.06. The molecule has 0 bridgehead atoms. The summed E-state index contributed by atoms with van der Waals surface area (Å²) in [4.78, 5) is 12.2. The molecule has 0 aliphatic rings. The molecule has 0 saturated heterocycles. The van der Waals surface area contributed by atoms with E-state index in [0.29, 0.717) is 27.2 Å². The van der Waals surface area contributed by atoms with Gasteiger partial charge in [-0.1, -0.05) is 35.3 Å². The van der Waals surface area contributed by atoms with Crippen molar-refractivity contribution in [3.63, 3.8) is 0 Å². The Morgan fingerprint density at radius 2 is 1.82 bits per heavy atom. The minimum absolute atomic E-state index is 0.338. The quantitative estimate of drug-likeness (QED) is 0.877. The molecule has 22 heavy (non-hydrogen) atoms. The van der Waals surface area contributed by atoms with E-state index < -0.39 is 6.10 Å². The van der Waals surface area contributed by atoms with E-state index in [1.54, 1.807) is 50.4 Å². The lowest BCUT2D eigenvalue weighted by atomic mass is 10.3. The van der Waals surface area contributed by atoms with Crippen LogP contribution in [0.2, 0.25) is 10.0 Å². The Morgan fingerprint density at radius 3 is 2.50 bits per heavy atom. The summed E-state index contributed by atoms with van der Waals surface area (Å²) < 4.78 is 10.8. The standard InChI is InChI=1S/C16H15Cl2NO3/c1-10(22-15-6-4-3-5-14(15)21-2)16(20)19-13-9-11(17)7-8-12(13)18/h3-10H,1-2H3,(H,19,20). The fourth-order valence-electron chi connectivity index (χ4n) is 1.79. The Bertz CT molecular complexity index is 676. The van der Waals surface area contributed by atoms with Gasteiger partial charge >= 0.3 is 0 Å². The summed E-state index contributed by atoms with van der Waals surface area (Å²) in [5.41, 5.74) is 0.439. The first-order valence-corrected chi connectivity index (χ1v) is 7.32. The fourth-order valence-corrected chi connectivity index (χ4v) is 2.12. The predicted molar refractivity (Wildman–Crippen MR) is 88.2 cm³/mol. The highest BCUT2D eigenvalue weighted by molar-refractivity contribution is 6.35. The molecule has 0 radical (unpaired) electrons. The number of carbonyl (C=O) groups is 1. The molecule has 1 atom stereocenters. The Labute approximate surface area is 138 Å². The van der Waals surface area contributed by atoms with Crippen LogP contribution in [0.15, 0.2) is 42.5 Å². The van der Waals surface area contributed by atoms with Crippen molar-refractivity contribution in [2.45, 2.75) is 13.0 Å². The van der Waals surface area contributed by atoms with Crippen molar-refractivity contribution in [3.05, 3.63) is 52.5 Å². The maximum absolute atomic E-state index is 12.2. The van der Waals surface area contributed by atoms with Gasteiger partial charge in [0.05, 0.1) is 17.8 Å². The van der Waals surface area contributed by atoms with Gasteiger partial charge in [-0.25, -0.2) is 0 Å². The fraction of sp³-hybridized carbons (Fsp3) is 0.188. The van der Waals surface area contributed by atoms with Crippen LogP contribution in [0.25, 0.3) is 0 Å². The first kappa shape index (κ1) is 16.5. The maximum Gasteiger partial charge on any atom is 0.265 e. The van der Waals surface area contributed by atoms with Crippen LogP contribution in [0.5, 0.6) is 11.5 Å². The van der Waals surface area contributed by atoms with Crippen LogP contribution in [0.4, 0.5) is 5.69 Å². The van der Waals surface area contributed by atoms with Gasteiger partial charge in [-0.15, -0.1) is 0 Å². The van der Waals surface area contributed by atoms with Crippen molar-refractivity contribution in [3.8, 4) is 11.5 Å². The van der Waals surface area contributed by atoms with Crippen LogP contribution in [-0.4, -0.2) is 19.1 Å². The summed E-state index contributed by atoms with van der Waals surface area (Å²) in [6.45, 7) is 1.64. The number of hydrogen-bond acceptors (Lipinski definition) is 3. The van der Waals surface area contributed by atoms with Crippen molar-refractivity contribution in [1.82, 2.24) is 0 Å². The number of hydrogen-bond donors (Lipinski definition) is 1. The van der Waals surface area contributed by atoms with E-state index in [2.05, 4.69) is 5.32 Å². The van der Waals surface area contributed by atoms with Crippen LogP contribution in [0, 0.1) is 0 Å². The second kappa shape index (κ2) is 7.38. The van der Waals surface area contributed by atoms with Crippen molar-refractivity contribution in [2.24, 2.45) is 0 Å². The zero-order valence-electron chi connectivity index (χ0n) is 12.1. The van der Waals surface area contributed by atoms with Crippen molar-refractivity contribution in [1.29, 1.82) is 0 Å². The van der Waals surface area contributed by atoms with E-state index in [9.17, 15) is 4.79 Å². The van der Waals surface area contributed by atoms with Gasteiger partial charge in [-0.2, -0.15) is 0 Å².